The Bertz CT molecular complexity index is 642. The van der Waals surface area contributed by atoms with Crippen molar-refractivity contribution in [1.29, 1.82) is 0 Å². The van der Waals surface area contributed by atoms with Gasteiger partial charge >= 0.3 is 0 Å². The van der Waals surface area contributed by atoms with Crippen molar-refractivity contribution >= 4 is 5.91 Å². The van der Waals surface area contributed by atoms with Crippen LogP contribution in [0.2, 0.25) is 0 Å². The summed E-state index contributed by atoms with van der Waals surface area (Å²) in [5.41, 5.74) is 1.92. The Morgan fingerprint density at radius 1 is 1.09 bits per heavy atom. The molecule has 1 aromatic carbocycles. The minimum atomic E-state index is 0.105. The highest BCUT2D eigenvalue weighted by molar-refractivity contribution is 5.94. The van der Waals surface area contributed by atoms with Gasteiger partial charge in [-0.25, -0.2) is 0 Å². The monoisotopic (exact) mass is 300 g/mol. The van der Waals surface area contributed by atoms with Gasteiger partial charge in [0.25, 0.3) is 5.91 Å². The average molecular weight is 300 g/mol. The molecular weight excluding hydrogens is 280 g/mol. The number of amides is 1. The van der Waals surface area contributed by atoms with Crippen LogP contribution in [0.1, 0.15) is 27.7 Å². The summed E-state index contributed by atoms with van der Waals surface area (Å²) in [7, 11) is 0. The molecule has 0 radical (unpaired) electrons. The van der Waals surface area contributed by atoms with Crippen molar-refractivity contribution in [3.05, 3.63) is 47.2 Å². The third-order valence-corrected chi connectivity index (χ3v) is 3.88. The number of benzene rings is 1. The molecule has 0 saturated carbocycles. The number of piperazine rings is 1. The topological polar surface area (TPSA) is 62.5 Å². The second-order valence-electron chi connectivity index (χ2n) is 5.65. The lowest BCUT2D eigenvalue weighted by Gasteiger charge is -2.34. The van der Waals surface area contributed by atoms with Gasteiger partial charge in [-0.3, -0.25) is 9.69 Å². The van der Waals surface area contributed by atoms with Crippen molar-refractivity contribution in [2.24, 2.45) is 0 Å². The van der Waals surface area contributed by atoms with Gasteiger partial charge in [0, 0.05) is 38.7 Å². The van der Waals surface area contributed by atoms with E-state index in [9.17, 15) is 4.79 Å². The summed E-state index contributed by atoms with van der Waals surface area (Å²) in [6.07, 6.45) is 0. The Morgan fingerprint density at radius 3 is 2.36 bits per heavy atom. The molecule has 1 aliphatic heterocycles. The van der Waals surface area contributed by atoms with E-state index in [1.165, 1.54) is 0 Å². The van der Waals surface area contributed by atoms with E-state index in [0.29, 0.717) is 18.3 Å². The Labute approximate surface area is 129 Å². The van der Waals surface area contributed by atoms with Crippen molar-refractivity contribution in [3.63, 3.8) is 0 Å². The first-order valence-corrected chi connectivity index (χ1v) is 7.49. The van der Waals surface area contributed by atoms with Crippen LogP contribution in [0.25, 0.3) is 0 Å². The Hall–Kier alpha value is -2.21. The maximum atomic E-state index is 12.4. The molecule has 1 fully saturated rings. The van der Waals surface area contributed by atoms with Gasteiger partial charge in [0.1, 0.15) is 0 Å². The van der Waals surface area contributed by atoms with Crippen LogP contribution in [0.5, 0.6) is 0 Å². The van der Waals surface area contributed by atoms with E-state index in [1.807, 2.05) is 36.1 Å². The highest BCUT2D eigenvalue weighted by Gasteiger charge is 2.23. The van der Waals surface area contributed by atoms with Crippen molar-refractivity contribution in [2.75, 3.05) is 26.2 Å². The number of carbonyl (C=O) groups is 1. The summed E-state index contributed by atoms with van der Waals surface area (Å²) >= 11 is 0. The molecule has 0 atom stereocenters. The molecule has 6 nitrogen and oxygen atoms in total. The van der Waals surface area contributed by atoms with E-state index in [-0.39, 0.29) is 5.91 Å². The summed E-state index contributed by atoms with van der Waals surface area (Å²) in [5, 5.41) is 7.85. The predicted molar refractivity (Wildman–Crippen MR) is 81.4 cm³/mol. The molecule has 22 heavy (non-hydrogen) atoms. The fourth-order valence-electron chi connectivity index (χ4n) is 2.58. The molecule has 0 bridgehead atoms. The smallest absolute Gasteiger partial charge is 0.253 e. The standard InChI is InChI=1S/C16H20N4O2/c1-12-3-5-14(6-4-12)16(21)20-9-7-19(8-10-20)11-15-18-17-13(2)22-15/h3-6H,7-11H2,1-2H3. The molecule has 2 aromatic rings. The molecule has 0 spiro atoms. The molecule has 1 aliphatic rings. The third kappa shape index (κ3) is 3.33. The van der Waals surface area contributed by atoms with E-state index in [1.54, 1.807) is 6.92 Å². The molecule has 0 N–H and O–H groups in total. The van der Waals surface area contributed by atoms with Crippen LogP contribution in [0.15, 0.2) is 28.7 Å². The van der Waals surface area contributed by atoms with E-state index >= 15 is 0 Å². The number of hydrogen-bond donors (Lipinski definition) is 0. The van der Waals surface area contributed by atoms with Crippen LogP contribution in [0.4, 0.5) is 0 Å². The van der Waals surface area contributed by atoms with Crippen molar-refractivity contribution in [2.45, 2.75) is 20.4 Å². The Balaban J connectivity index is 1.55. The van der Waals surface area contributed by atoms with Crippen molar-refractivity contribution < 1.29 is 9.21 Å². The SMILES string of the molecule is Cc1ccc(C(=O)N2CCN(Cc3nnc(C)o3)CC2)cc1. The first-order valence-electron chi connectivity index (χ1n) is 7.49. The fraction of sp³-hybridized carbons (Fsp3) is 0.438. The van der Waals surface area contributed by atoms with Gasteiger partial charge in [0.2, 0.25) is 11.8 Å². The van der Waals surface area contributed by atoms with E-state index < -0.39 is 0 Å². The average Bonchev–Trinajstić information content (AvgIpc) is 2.93. The molecular formula is C16H20N4O2. The minimum Gasteiger partial charge on any atom is -0.424 e. The van der Waals surface area contributed by atoms with E-state index in [4.69, 9.17) is 4.42 Å². The fourth-order valence-corrected chi connectivity index (χ4v) is 2.58. The Kier molecular flexibility index (Phi) is 4.20. The van der Waals surface area contributed by atoms with Crippen molar-refractivity contribution in [3.8, 4) is 0 Å². The van der Waals surface area contributed by atoms with Crippen LogP contribution < -0.4 is 0 Å². The van der Waals surface area contributed by atoms with Gasteiger partial charge in [-0.2, -0.15) is 0 Å². The largest absolute Gasteiger partial charge is 0.424 e. The Morgan fingerprint density at radius 2 is 1.77 bits per heavy atom. The maximum Gasteiger partial charge on any atom is 0.253 e. The lowest BCUT2D eigenvalue weighted by Crippen LogP contribution is -2.48. The summed E-state index contributed by atoms with van der Waals surface area (Å²) in [6.45, 7) is 7.53. The summed E-state index contributed by atoms with van der Waals surface area (Å²) in [5.74, 6) is 1.33. The zero-order valence-electron chi connectivity index (χ0n) is 13.0. The molecule has 116 valence electrons. The summed E-state index contributed by atoms with van der Waals surface area (Å²) < 4.78 is 5.40. The highest BCUT2D eigenvalue weighted by atomic mass is 16.4. The van der Waals surface area contributed by atoms with Gasteiger partial charge in [0.05, 0.1) is 6.54 Å². The molecule has 0 aliphatic carbocycles. The van der Waals surface area contributed by atoms with E-state index in [0.717, 1.165) is 37.3 Å². The molecule has 1 amide bonds. The maximum absolute atomic E-state index is 12.4. The molecule has 1 saturated heterocycles. The van der Waals surface area contributed by atoms with Gasteiger partial charge in [-0.1, -0.05) is 17.7 Å². The third-order valence-electron chi connectivity index (χ3n) is 3.88. The zero-order valence-corrected chi connectivity index (χ0v) is 13.0. The van der Waals surface area contributed by atoms with Crippen molar-refractivity contribution in [1.82, 2.24) is 20.0 Å². The predicted octanol–water partition coefficient (Wildman–Crippen LogP) is 1.64. The summed E-state index contributed by atoms with van der Waals surface area (Å²) in [4.78, 5) is 16.6. The first kappa shape index (κ1) is 14.7. The first-order chi connectivity index (χ1) is 10.6. The lowest BCUT2D eigenvalue weighted by atomic mass is 10.1. The van der Waals surface area contributed by atoms with Gasteiger partial charge in [-0.15, -0.1) is 10.2 Å². The zero-order chi connectivity index (χ0) is 15.5. The van der Waals surface area contributed by atoms with Crippen LogP contribution in [-0.2, 0) is 6.54 Å². The number of nitrogens with zero attached hydrogens (tertiary/aromatic N) is 4. The second-order valence-corrected chi connectivity index (χ2v) is 5.65. The highest BCUT2D eigenvalue weighted by Crippen LogP contribution is 2.12. The van der Waals surface area contributed by atoms with Gasteiger partial charge < -0.3 is 9.32 Å². The molecule has 0 unspecified atom stereocenters. The molecule has 6 heteroatoms. The van der Waals surface area contributed by atoms with Crippen LogP contribution in [0, 0.1) is 13.8 Å². The van der Waals surface area contributed by atoms with Crippen LogP contribution >= 0.6 is 0 Å². The van der Waals surface area contributed by atoms with Gasteiger partial charge in [-0.05, 0) is 19.1 Å². The number of aryl methyl sites for hydroxylation is 2. The van der Waals surface area contributed by atoms with Gasteiger partial charge in [0.15, 0.2) is 0 Å². The van der Waals surface area contributed by atoms with E-state index in [2.05, 4.69) is 15.1 Å². The number of aromatic nitrogens is 2. The van der Waals surface area contributed by atoms with Crippen LogP contribution in [-0.4, -0.2) is 52.1 Å². The number of hydrogen-bond acceptors (Lipinski definition) is 5. The molecule has 3 rings (SSSR count). The minimum absolute atomic E-state index is 0.105. The number of carbonyl (C=O) groups excluding carboxylic acids is 1. The molecule has 1 aromatic heterocycles. The molecule has 2 heterocycles. The quantitative estimate of drug-likeness (QED) is 0.862. The number of rotatable bonds is 3. The van der Waals surface area contributed by atoms with Crippen LogP contribution in [0.3, 0.4) is 0 Å². The summed E-state index contributed by atoms with van der Waals surface area (Å²) in [6, 6.07) is 7.74. The second kappa shape index (κ2) is 6.27. The lowest BCUT2D eigenvalue weighted by molar-refractivity contribution is 0.0617. The normalized spacial score (nSPS) is 16.0.